The van der Waals surface area contributed by atoms with Crippen molar-refractivity contribution in [3.8, 4) is 0 Å². The Balaban J connectivity index is 2.22. The molecule has 0 radical (unpaired) electrons. The lowest BCUT2D eigenvalue weighted by Gasteiger charge is -2.36. The molecule has 2 atom stereocenters. The van der Waals surface area contributed by atoms with E-state index in [-0.39, 0.29) is 11.0 Å². The maximum absolute atomic E-state index is 5.94. The first-order valence-electron chi connectivity index (χ1n) is 8.15. The Hall–Kier alpha value is -0.860. The van der Waals surface area contributed by atoms with Gasteiger partial charge < -0.3 is 10.1 Å². The summed E-state index contributed by atoms with van der Waals surface area (Å²) < 4.78 is 5.94. The quantitative estimate of drug-likeness (QED) is 0.903. The molecule has 0 amide bonds. The maximum atomic E-state index is 5.94. The van der Waals surface area contributed by atoms with Crippen molar-refractivity contribution in [2.75, 3.05) is 13.2 Å². The van der Waals surface area contributed by atoms with Gasteiger partial charge in [0.1, 0.15) is 0 Å². The summed E-state index contributed by atoms with van der Waals surface area (Å²) in [5.74, 6) is 0. The molecular formula is C19H31NO. The Morgan fingerprint density at radius 1 is 1.29 bits per heavy atom. The molecule has 21 heavy (non-hydrogen) atoms. The Morgan fingerprint density at radius 2 is 2.00 bits per heavy atom. The zero-order chi connectivity index (χ0) is 15.7. The highest BCUT2D eigenvalue weighted by atomic mass is 16.5. The SMILES string of the molecule is Cc1ccc(C)c(CC2(CNC(C)(C)C)CCOC2C)c1. The molecule has 0 aliphatic carbocycles. The van der Waals surface area contributed by atoms with E-state index < -0.39 is 0 Å². The number of aryl methyl sites for hydroxylation is 2. The second-order valence-electron chi connectivity index (χ2n) is 7.84. The summed E-state index contributed by atoms with van der Waals surface area (Å²) in [4.78, 5) is 0. The van der Waals surface area contributed by atoms with Gasteiger partial charge in [-0.3, -0.25) is 0 Å². The molecule has 1 heterocycles. The minimum absolute atomic E-state index is 0.150. The van der Waals surface area contributed by atoms with Gasteiger partial charge in [-0.25, -0.2) is 0 Å². The smallest absolute Gasteiger partial charge is 0.0619 e. The van der Waals surface area contributed by atoms with Gasteiger partial charge in [-0.2, -0.15) is 0 Å². The average Bonchev–Trinajstić information content (AvgIpc) is 2.73. The van der Waals surface area contributed by atoms with Gasteiger partial charge >= 0.3 is 0 Å². The van der Waals surface area contributed by atoms with Crippen LogP contribution >= 0.6 is 0 Å². The molecule has 1 aliphatic rings. The largest absolute Gasteiger partial charge is 0.378 e. The van der Waals surface area contributed by atoms with Crippen LogP contribution in [-0.4, -0.2) is 24.8 Å². The molecular weight excluding hydrogens is 258 g/mol. The molecule has 2 heteroatoms. The van der Waals surface area contributed by atoms with E-state index in [1.807, 2.05) is 0 Å². The van der Waals surface area contributed by atoms with Gasteiger partial charge in [-0.1, -0.05) is 23.8 Å². The van der Waals surface area contributed by atoms with Crippen molar-refractivity contribution in [2.24, 2.45) is 5.41 Å². The van der Waals surface area contributed by atoms with Gasteiger partial charge in [0.05, 0.1) is 6.10 Å². The topological polar surface area (TPSA) is 21.3 Å². The lowest BCUT2D eigenvalue weighted by atomic mass is 9.75. The summed E-state index contributed by atoms with van der Waals surface area (Å²) in [6.45, 7) is 15.3. The summed E-state index contributed by atoms with van der Waals surface area (Å²) in [6, 6.07) is 6.79. The molecule has 0 aromatic heterocycles. The zero-order valence-corrected chi connectivity index (χ0v) is 14.5. The number of nitrogens with one attached hydrogen (secondary N) is 1. The van der Waals surface area contributed by atoms with Gasteiger partial charge in [-0.15, -0.1) is 0 Å². The normalized spacial score (nSPS) is 26.3. The minimum Gasteiger partial charge on any atom is -0.378 e. The molecule has 1 aromatic carbocycles. The van der Waals surface area contributed by atoms with Gasteiger partial charge in [0, 0.05) is 24.1 Å². The molecule has 118 valence electrons. The third-order valence-electron chi connectivity index (χ3n) is 4.85. The molecule has 0 spiro atoms. The lowest BCUT2D eigenvalue weighted by molar-refractivity contribution is 0.0597. The monoisotopic (exact) mass is 289 g/mol. The first kappa shape index (κ1) is 16.5. The molecule has 0 saturated carbocycles. The maximum Gasteiger partial charge on any atom is 0.0619 e. The molecule has 2 rings (SSSR count). The van der Waals surface area contributed by atoms with Crippen molar-refractivity contribution in [3.63, 3.8) is 0 Å². The highest BCUT2D eigenvalue weighted by Gasteiger charge is 2.42. The lowest BCUT2D eigenvalue weighted by Crippen LogP contribution is -2.47. The van der Waals surface area contributed by atoms with Crippen LogP contribution in [0.1, 0.15) is 50.8 Å². The fourth-order valence-electron chi connectivity index (χ4n) is 3.16. The average molecular weight is 289 g/mol. The predicted molar refractivity (Wildman–Crippen MR) is 89.8 cm³/mol. The molecule has 2 nitrogen and oxygen atoms in total. The summed E-state index contributed by atoms with van der Waals surface area (Å²) in [7, 11) is 0. The first-order valence-corrected chi connectivity index (χ1v) is 8.15. The molecule has 1 aliphatic heterocycles. The number of ether oxygens (including phenoxy) is 1. The van der Waals surface area contributed by atoms with Crippen molar-refractivity contribution in [2.45, 2.75) is 66.0 Å². The van der Waals surface area contributed by atoms with Crippen LogP contribution in [0.3, 0.4) is 0 Å². The Bertz CT molecular complexity index is 489. The summed E-state index contributed by atoms with van der Waals surface area (Å²) in [5, 5.41) is 3.71. The fourth-order valence-corrected chi connectivity index (χ4v) is 3.16. The van der Waals surface area contributed by atoms with Crippen molar-refractivity contribution < 1.29 is 4.74 Å². The molecule has 0 bridgehead atoms. The number of hydrogen-bond donors (Lipinski definition) is 1. The van der Waals surface area contributed by atoms with Crippen LogP contribution < -0.4 is 5.32 Å². The third-order valence-corrected chi connectivity index (χ3v) is 4.85. The Labute approximate surface area is 130 Å². The van der Waals surface area contributed by atoms with E-state index in [2.05, 4.69) is 65.1 Å². The van der Waals surface area contributed by atoms with Crippen LogP contribution in [0.5, 0.6) is 0 Å². The van der Waals surface area contributed by atoms with Crippen LogP contribution in [0, 0.1) is 19.3 Å². The van der Waals surface area contributed by atoms with Gasteiger partial charge in [0.15, 0.2) is 0 Å². The Morgan fingerprint density at radius 3 is 2.57 bits per heavy atom. The standard InChI is InChI=1S/C19H31NO/c1-14-7-8-15(2)17(11-14)12-19(9-10-21-16(19)3)13-20-18(4,5)6/h7-8,11,16,20H,9-10,12-13H2,1-6H3. The minimum atomic E-state index is 0.150. The number of hydrogen-bond acceptors (Lipinski definition) is 2. The van der Waals surface area contributed by atoms with Gasteiger partial charge in [0.25, 0.3) is 0 Å². The van der Waals surface area contributed by atoms with E-state index in [9.17, 15) is 0 Å². The van der Waals surface area contributed by atoms with Crippen LogP contribution in [0.15, 0.2) is 18.2 Å². The van der Waals surface area contributed by atoms with Crippen molar-refractivity contribution in [1.29, 1.82) is 0 Å². The van der Waals surface area contributed by atoms with Crippen molar-refractivity contribution >= 4 is 0 Å². The third kappa shape index (κ3) is 4.08. The second kappa shape index (κ2) is 6.10. The van der Waals surface area contributed by atoms with Gasteiger partial charge in [0.2, 0.25) is 0 Å². The zero-order valence-electron chi connectivity index (χ0n) is 14.5. The Kier molecular flexibility index (Phi) is 4.79. The molecule has 2 unspecified atom stereocenters. The van der Waals surface area contributed by atoms with E-state index >= 15 is 0 Å². The molecule has 1 aromatic rings. The van der Waals surface area contributed by atoms with Crippen molar-refractivity contribution in [3.05, 3.63) is 34.9 Å². The molecule has 1 saturated heterocycles. The van der Waals surface area contributed by atoms with Crippen LogP contribution in [0.2, 0.25) is 0 Å². The number of rotatable bonds is 4. The van der Waals surface area contributed by atoms with E-state index in [0.29, 0.717) is 6.10 Å². The van der Waals surface area contributed by atoms with E-state index in [4.69, 9.17) is 4.74 Å². The van der Waals surface area contributed by atoms with Crippen LogP contribution in [0.25, 0.3) is 0 Å². The predicted octanol–water partition coefficient (Wildman–Crippen LogP) is 4.03. The summed E-state index contributed by atoms with van der Waals surface area (Å²) in [6.07, 6.45) is 2.56. The summed E-state index contributed by atoms with van der Waals surface area (Å²) in [5.41, 5.74) is 4.59. The second-order valence-corrected chi connectivity index (χ2v) is 7.84. The molecule has 1 N–H and O–H groups in total. The fraction of sp³-hybridized carbons (Fsp3) is 0.684. The van der Waals surface area contributed by atoms with Gasteiger partial charge in [-0.05, 0) is 65.5 Å². The highest BCUT2D eigenvalue weighted by Crippen LogP contribution is 2.39. The highest BCUT2D eigenvalue weighted by molar-refractivity contribution is 5.32. The molecule has 1 fully saturated rings. The van der Waals surface area contributed by atoms with E-state index in [0.717, 1.165) is 26.0 Å². The van der Waals surface area contributed by atoms with Crippen LogP contribution in [0.4, 0.5) is 0 Å². The summed E-state index contributed by atoms with van der Waals surface area (Å²) >= 11 is 0. The number of benzene rings is 1. The van der Waals surface area contributed by atoms with E-state index in [1.54, 1.807) is 0 Å². The van der Waals surface area contributed by atoms with Crippen LogP contribution in [-0.2, 0) is 11.2 Å². The van der Waals surface area contributed by atoms with Crippen molar-refractivity contribution in [1.82, 2.24) is 5.32 Å². The first-order chi connectivity index (χ1) is 9.72. The van der Waals surface area contributed by atoms with E-state index in [1.165, 1.54) is 16.7 Å².